The van der Waals surface area contributed by atoms with Gasteiger partial charge >= 0.3 is 0 Å². The Morgan fingerprint density at radius 3 is 2.40 bits per heavy atom. The van der Waals surface area contributed by atoms with Gasteiger partial charge in [0.2, 0.25) is 0 Å². The fourth-order valence-corrected chi connectivity index (χ4v) is 2.22. The zero-order valence-corrected chi connectivity index (χ0v) is 14.6. The van der Waals surface area contributed by atoms with Crippen molar-refractivity contribution < 1.29 is 19.1 Å². The van der Waals surface area contributed by atoms with Crippen LogP contribution in [-0.4, -0.2) is 25.5 Å². The number of ether oxygens (including phenoxy) is 2. The molecule has 132 valence electrons. The van der Waals surface area contributed by atoms with Crippen LogP contribution in [0.25, 0.3) is 0 Å². The van der Waals surface area contributed by atoms with Gasteiger partial charge in [0.05, 0.1) is 13.7 Å². The van der Waals surface area contributed by atoms with Crippen molar-refractivity contribution in [1.82, 2.24) is 10.9 Å². The highest BCUT2D eigenvalue weighted by molar-refractivity contribution is 6.00. The number of hydrazine groups is 1. The zero-order valence-electron chi connectivity index (χ0n) is 14.6. The molecule has 0 radical (unpaired) electrons. The van der Waals surface area contributed by atoms with Crippen LogP contribution in [-0.2, 0) is 0 Å². The van der Waals surface area contributed by atoms with Gasteiger partial charge in [0.1, 0.15) is 0 Å². The third kappa shape index (κ3) is 4.73. The number of nitrogens with one attached hydrogen (secondary N) is 2. The predicted molar refractivity (Wildman–Crippen MR) is 94.9 cm³/mol. The minimum Gasteiger partial charge on any atom is -0.493 e. The number of hydrogen-bond acceptors (Lipinski definition) is 4. The van der Waals surface area contributed by atoms with Crippen molar-refractivity contribution in [2.75, 3.05) is 13.7 Å². The Kier molecular flexibility index (Phi) is 6.39. The molecular weight excluding hydrogens is 320 g/mol. The van der Waals surface area contributed by atoms with Crippen LogP contribution in [0.4, 0.5) is 0 Å². The lowest BCUT2D eigenvalue weighted by molar-refractivity contribution is 0.0846. The number of hydrogen-bond donors (Lipinski definition) is 2. The summed E-state index contributed by atoms with van der Waals surface area (Å²) in [6, 6.07) is 12.0. The molecule has 0 heterocycles. The standard InChI is InChI=1S/C19H22N2O4/c1-4-11-25-16-10-9-14(12-17(16)24-3)18(22)20-21-19(23)15-8-6-5-7-13(15)2/h5-10,12H,4,11H2,1-3H3,(H,20,22)(H,21,23). The van der Waals surface area contributed by atoms with Crippen LogP contribution in [0, 0.1) is 6.92 Å². The van der Waals surface area contributed by atoms with Crippen molar-refractivity contribution in [3.8, 4) is 11.5 Å². The highest BCUT2D eigenvalue weighted by Gasteiger charge is 2.13. The maximum Gasteiger partial charge on any atom is 0.269 e. The molecule has 2 N–H and O–H groups in total. The molecule has 0 saturated heterocycles. The van der Waals surface area contributed by atoms with Crippen LogP contribution in [0.3, 0.4) is 0 Å². The smallest absolute Gasteiger partial charge is 0.269 e. The van der Waals surface area contributed by atoms with Gasteiger partial charge < -0.3 is 9.47 Å². The molecule has 0 spiro atoms. The second-order valence-electron chi connectivity index (χ2n) is 5.44. The first-order valence-corrected chi connectivity index (χ1v) is 8.04. The van der Waals surface area contributed by atoms with E-state index in [0.717, 1.165) is 12.0 Å². The molecule has 2 amide bonds. The monoisotopic (exact) mass is 342 g/mol. The minimum absolute atomic E-state index is 0.353. The molecule has 0 bridgehead atoms. The summed E-state index contributed by atoms with van der Waals surface area (Å²) in [5.74, 6) is 0.222. The van der Waals surface area contributed by atoms with Crippen molar-refractivity contribution in [2.45, 2.75) is 20.3 Å². The SMILES string of the molecule is CCCOc1ccc(C(=O)NNC(=O)c2ccccc2C)cc1OC. The molecule has 0 unspecified atom stereocenters. The van der Waals surface area contributed by atoms with Crippen molar-refractivity contribution >= 4 is 11.8 Å². The third-order valence-corrected chi connectivity index (χ3v) is 3.57. The quantitative estimate of drug-likeness (QED) is 0.792. The van der Waals surface area contributed by atoms with Crippen molar-refractivity contribution in [2.24, 2.45) is 0 Å². The Bertz CT molecular complexity index is 759. The molecular formula is C19H22N2O4. The second kappa shape index (κ2) is 8.73. The second-order valence-corrected chi connectivity index (χ2v) is 5.44. The zero-order chi connectivity index (χ0) is 18.2. The molecule has 0 atom stereocenters. The summed E-state index contributed by atoms with van der Waals surface area (Å²) < 4.78 is 10.8. The van der Waals surface area contributed by atoms with Gasteiger partial charge in [-0.15, -0.1) is 0 Å². The van der Waals surface area contributed by atoms with Gasteiger partial charge in [0, 0.05) is 11.1 Å². The van der Waals surface area contributed by atoms with Crippen LogP contribution in [0.1, 0.15) is 39.6 Å². The summed E-state index contributed by atoms with van der Waals surface area (Å²) >= 11 is 0. The Morgan fingerprint density at radius 2 is 1.72 bits per heavy atom. The molecule has 0 saturated carbocycles. The highest BCUT2D eigenvalue weighted by atomic mass is 16.5. The number of carbonyl (C=O) groups is 2. The van der Waals surface area contributed by atoms with Crippen molar-refractivity contribution in [3.05, 3.63) is 59.2 Å². The summed E-state index contributed by atoms with van der Waals surface area (Å²) in [4.78, 5) is 24.4. The third-order valence-electron chi connectivity index (χ3n) is 3.57. The number of methoxy groups -OCH3 is 1. The van der Waals surface area contributed by atoms with E-state index < -0.39 is 5.91 Å². The summed E-state index contributed by atoms with van der Waals surface area (Å²) in [5.41, 5.74) is 6.50. The average molecular weight is 342 g/mol. The van der Waals surface area contributed by atoms with E-state index in [1.807, 2.05) is 26.0 Å². The van der Waals surface area contributed by atoms with Crippen LogP contribution >= 0.6 is 0 Å². The highest BCUT2D eigenvalue weighted by Crippen LogP contribution is 2.28. The molecule has 2 aromatic carbocycles. The Labute approximate surface area is 147 Å². The van der Waals surface area contributed by atoms with Crippen LogP contribution in [0.5, 0.6) is 11.5 Å². The van der Waals surface area contributed by atoms with E-state index in [-0.39, 0.29) is 5.91 Å². The van der Waals surface area contributed by atoms with E-state index in [1.54, 1.807) is 30.3 Å². The van der Waals surface area contributed by atoms with E-state index in [1.165, 1.54) is 7.11 Å². The predicted octanol–water partition coefficient (Wildman–Crippen LogP) is 2.87. The number of amides is 2. The molecule has 25 heavy (non-hydrogen) atoms. The fraction of sp³-hybridized carbons (Fsp3) is 0.263. The molecule has 0 aliphatic carbocycles. The van der Waals surface area contributed by atoms with E-state index in [9.17, 15) is 9.59 Å². The Morgan fingerprint density at radius 1 is 1.00 bits per heavy atom. The van der Waals surface area contributed by atoms with Crippen molar-refractivity contribution in [1.29, 1.82) is 0 Å². The van der Waals surface area contributed by atoms with Crippen LogP contribution in [0.15, 0.2) is 42.5 Å². The van der Waals surface area contributed by atoms with Gasteiger partial charge in [0.15, 0.2) is 11.5 Å². The molecule has 0 aliphatic rings. The first-order valence-electron chi connectivity index (χ1n) is 8.04. The molecule has 0 aromatic heterocycles. The maximum atomic E-state index is 12.2. The van der Waals surface area contributed by atoms with E-state index in [0.29, 0.717) is 29.2 Å². The normalized spacial score (nSPS) is 10.0. The van der Waals surface area contributed by atoms with Gasteiger partial charge in [-0.2, -0.15) is 0 Å². The first kappa shape index (κ1) is 18.3. The first-order chi connectivity index (χ1) is 12.1. The van der Waals surface area contributed by atoms with E-state index >= 15 is 0 Å². The van der Waals surface area contributed by atoms with Gasteiger partial charge in [-0.05, 0) is 43.2 Å². The number of rotatable bonds is 6. The van der Waals surface area contributed by atoms with Gasteiger partial charge in [0.25, 0.3) is 11.8 Å². The molecule has 0 fully saturated rings. The van der Waals surface area contributed by atoms with Gasteiger partial charge in [-0.25, -0.2) is 0 Å². The summed E-state index contributed by atoms with van der Waals surface area (Å²) in [6.45, 7) is 4.40. The van der Waals surface area contributed by atoms with E-state index in [2.05, 4.69) is 10.9 Å². The molecule has 2 aromatic rings. The summed E-state index contributed by atoms with van der Waals surface area (Å²) in [6.07, 6.45) is 0.871. The minimum atomic E-state index is -0.442. The average Bonchev–Trinajstić information content (AvgIpc) is 2.64. The molecule has 0 aliphatic heterocycles. The molecule has 2 rings (SSSR count). The molecule has 6 heteroatoms. The maximum absolute atomic E-state index is 12.2. The number of carbonyl (C=O) groups excluding carboxylic acids is 2. The van der Waals surface area contributed by atoms with Gasteiger partial charge in [-0.3, -0.25) is 20.4 Å². The molecule has 6 nitrogen and oxygen atoms in total. The fourth-order valence-electron chi connectivity index (χ4n) is 2.22. The Hall–Kier alpha value is -3.02. The number of aryl methyl sites for hydroxylation is 1. The van der Waals surface area contributed by atoms with Crippen LogP contribution < -0.4 is 20.3 Å². The topological polar surface area (TPSA) is 76.7 Å². The van der Waals surface area contributed by atoms with E-state index in [4.69, 9.17) is 9.47 Å². The van der Waals surface area contributed by atoms with Gasteiger partial charge in [-0.1, -0.05) is 25.1 Å². The summed E-state index contributed by atoms with van der Waals surface area (Å²) in [5, 5.41) is 0. The lowest BCUT2D eigenvalue weighted by atomic mass is 10.1. The lowest BCUT2D eigenvalue weighted by Gasteiger charge is -2.12. The van der Waals surface area contributed by atoms with Crippen molar-refractivity contribution in [3.63, 3.8) is 0 Å². The lowest BCUT2D eigenvalue weighted by Crippen LogP contribution is -2.41. The Balaban J connectivity index is 2.03. The summed E-state index contributed by atoms with van der Waals surface area (Å²) in [7, 11) is 1.51. The largest absolute Gasteiger partial charge is 0.493 e. The van der Waals surface area contributed by atoms with Crippen LogP contribution in [0.2, 0.25) is 0 Å². The number of benzene rings is 2.